The highest BCUT2D eigenvalue weighted by Gasteiger charge is 2.30. The molecule has 0 spiro atoms. The lowest BCUT2D eigenvalue weighted by molar-refractivity contribution is -0.149. The average molecular weight is 239 g/mol. The third-order valence-corrected chi connectivity index (χ3v) is 2.49. The molecular weight excluding hydrogens is 225 g/mol. The minimum atomic E-state index is -1.28. The van der Waals surface area contributed by atoms with Gasteiger partial charge in [-0.3, -0.25) is 4.79 Å². The van der Waals surface area contributed by atoms with Crippen molar-refractivity contribution >= 4 is 11.9 Å². The summed E-state index contributed by atoms with van der Waals surface area (Å²) < 4.78 is 13.6. The Morgan fingerprint density at radius 1 is 1.41 bits per heavy atom. The molecule has 0 aliphatic carbocycles. The number of rotatable bonds is 4. The molecule has 0 aromatic heterocycles. The van der Waals surface area contributed by atoms with Crippen LogP contribution in [0.15, 0.2) is 24.3 Å². The van der Waals surface area contributed by atoms with Crippen molar-refractivity contribution in [1.29, 1.82) is 0 Å². The zero-order valence-electron chi connectivity index (χ0n) is 9.68. The van der Waals surface area contributed by atoms with E-state index in [1.54, 1.807) is 13.0 Å². The first-order valence-corrected chi connectivity index (χ1v) is 5.23. The summed E-state index contributed by atoms with van der Waals surface area (Å²) in [6, 6.07) is 4.29. The van der Waals surface area contributed by atoms with Gasteiger partial charge in [0.25, 0.3) is 0 Å². The Morgan fingerprint density at radius 2 is 2.00 bits per heavy atom. The van der Waals surface area contributed by atoms with Crippen molar-refractivity contribution in [1.82, 2.24) is 4.90 Å². The number of carboxylic acids is 1. The van der Waals surface area contributed by atoms with Gasteiger partial charge in [0.05, 0.1) is 0 Å². The lowest BCUT2D eigenvalue weighted by atomic mass is 10.0. The SMILES string of the molecule is CCN(C(C)=O)C(C(=O)O)c1ccccc1F. The van der Waals surface area contributed by atoms with E-state index in [2.05, 4.69) is 0 Å². The fourth-order valence-corrected chi connectivity index (χ4v) is 1.72. The van der Waals surface area contributed by atoms with E-state index in [1.807, 2.05) is 0 Å². The highest BCUT2D eigenvalue weighted by Crippen LogP contribution is 2.23. The van der Waals surface area contributed by atoms with Crippen LogP contribution in [0.5, 0.6) is 0 Å². The monoisotopic (exact) mass is 239 g/mol. The van der Waals surface area contributed by atoms with Crippen LogP contribution in [0.2, 0.25) is 0 Å². The van der Waals surface area contributed by atoms with Gasteiger partial charge in [-0.05, 0) is 13.0 Å². The summed E-state index contributed by atoms with van der Waals surface area (Å²) in [4.78, 5) is 23.7. The van der Waals surface area contributed by atoms with Gasteiger partial charge in [-0.25, -0.2) is 9.18 Å². The highest BCUT2D eigenvalue weighted by molar-refractivity contribution is 5.83. The summed E-state index contributed by atoms with van der Waals surface area (Å²) in [6.07, 6.45) is 0. The van der Waals surface area contributed by atoms with E-state index < -0.39 is 23.7 Å². The fraction of sp³-hybridized carbons (Fsp3) is 0.333. The Morgan fingerprint density at radius 3 is 2.41 bits per heavy atom. The maximum absolute atomic E-state index is 13.6. The largest absolute Gasteiger partial charge is 0.479 e. The first-order valence-electron chi connectivity index (χ1n) is 5.23. The molecule has 1 atom stereocenters. The number of nitrogens with zero attached hydrogens (tertiary/aromatic N) is 1. The first-order chi connectivity index (χ1) is 7.99. The molecule has 1 unspecified atom stereocenters. The van der Waals surface area contributed by atoms with E-state index >= 15 is 0 Å². The summed E-state index contributed by atoms with van der Waals surface area (Å²) in [5, 5.41) is 9.14. The summed E-state index contributed by atoms with van der Waals surface area (Å²) in [5.74, 6) is -2.27. The van der Waals surface area contributed by atoms with E-state index in [0.717, 1.165) is 4.90 Å². The summed E-state index contributed by atoms with van der Waals surface area (Å²) in [5.41, 5.74) is -0.00273. The molecule has 17 heavy (non-hydrogen) atoms. The Labute approximate surface area is 98.7 Å². The van der Waals surface area contributed by atoms with Crippen LogP contribution in [0.25, 0.3) is 0 Å². The molecule has 0 saturated heterocycles. The summed E-state index contributed by atoms with van der Waals surface area (Å²) in [7, 11) is 0. The van der Waals surface area contributed by atoms with Crippen LogP contribution in [0.1, 0.15) is 25.5 Å². The van der Waals surface area contributed by atoms with Crippen LogP contribution in [0.4, 0.5) is 4.39 Å². The first kappa shape index (κ1) is 13.2. The molecule has 5 heteroatoms. The van der Waals surface area contributed by atoms with E-state index in [1.165, 1.54) is 25.1 Å². The Balaban J connectivity index is 3.22. The van der Waals surface area contributed by atoms with Crippen molar-refractivity contribution in [3.8, 4) is 0 Å². The topological polar surface area (TPSA) is 57.6 Å². The van der Waals surface area contributed by atoms with Crippen LogP contribution < -0.4 is 0 Å². The second-order valence-electron chi connectivity index (χ2n) is 3.57. The molecule has 4 nitrogen and oxygen atoms in total. The smallest absolute Gasteiger partial charge is 0.331 e. The van der Waals surface area contributed by atoms with Gasteiger partial charge < -0.3 is 10.0 Å². The summed E-state index contributed by atoms with van der Waals surface area (Å²) in [6.45, 7) is 3.12. The molecule has 1 aromatic rings. The molecule has 1 N–H and O–H groups in total. The van der Waals surface area contributed by atoms with Gasteiger partial charge >= 0.3 is 5.97 Å². The van der Waals surface area contributed by atoms with Crippen LogP contribution in [0, 0.1) is 5.82 Å². The van der Waals surface area contributed by atoms with Crippen LogP contribution in [-0.4, -0.2) is 28.4 Å². The highest BCUT2D eigenvalue weighted by atomic mass is 19.1. The van der Waals surface area contributed by atoms with Crippen molar-refractivity contribution in [2.75, 3.05) is 6.54 Å². The number of benzene rings is 1. The molecule has 0 saturated carbocycles. The predicted octanol–water partition coefficient (Wildman–Crippen LogP) is 1.82. The van der Waals surface area contributed by atoms with E-state index in [0.29, 0.717) is 0 Å². The van der Waals surface area contributed by atoms with Crippen molar-refractivity contribution in [3.05, 3.63) is 35.6 Å². The van der Waals surface area contributed by atoms with Gasteiger partial charge in [-0.1, -0.05) is 18.2 Å². The lowest BCUT2D eigenvalue weighted by Crippen LogP contribution is -2.37. The third kappa shape index (κ3) is 2.81. The third-order valence-electron chi connectivity index (χ3n) is 2.49. The number of carbonyl (C=O) groups excluding carboxylic acids is 1. The van der Waals surface area contributed by atoms with Crippen molar-refractivity contribution in [2.24, 2.45) is 0 Å². The lowest BCUT2D eigenvalue weighted by Gasteiger charge is -2.27. The van der Waals surface area contributed by atoms with Gasteiger partial charge in [-0.15, -0.1) is 0 Å². The number of halogens is 1. The Bertz CT molecular complexity index is 434. The van der Waals surface area contributed by atoms with Gasteiger partial charge in [-0.2, -0.15) is 0 Å². The van der Waals surface area contributed by atoms with Gasteiger partial charge in [0.2, 0.25) is 5.91 Å². The average Bonchev–Trinajstić information content (AvgIpc) is 2.26. The molecule has 0 heterocycles. The molecular formula is C12H14FNO3. The van der Waals surface area contributed by atoms with Crippen LogP contribution in [0.3, 0.4) is 0 Å². The van der Waals surface area contributed by atoms with Crippen molar-refractivity contribution in [3.63, 3.8) is 0 Å². The molecule has 0 aliphatic heterocycles. The second kappa shape index (κ2) is 5.43. The number of carboxylic acid groups (broad SMARTS) is 1. The zero-order chi connectivity index (χ0) is 13.0. The minimum absolute atomic E-state index is 0.00273. The number of amides is 1. The van der Waals surface area contributed by atoms with Crippen molar-refractivity contribution < 1.29 is 19.1 Å². The Kier molecular flexibility index (Phi) is 4.20. The molecule has 1 rings (SSSR count). The van der Waals surface area contributed by atoms with Crippen molar-refractivity contribution in [2.45, 2.75) is 19.9 Å². The maximum Gasteiger partial charge on any atom is 0.331 e. The molecule has 0 bridgehead atoms. The van der Waals surface area contributed by atoms with Gasteiger partial charge in [0, 0.05) is 19.0 Å². The van der Waals surface area contributed by atoms with Crippen LogP contribution >= 0.6 is 0 Å². The molecule has 0 fully saturated rings. The van der Waals surface area contributed by atoms with E-state index in [-0.39, 0.29) is 12.1 Å². The quantitative estimate of drug-likeness (QED) is 0.871. The van der Waals surface area contributed by atoms with Crippen LogP contribution in [-0.2, 0) is 9.59 Å². The molecule has 0 aliphatic rings. The molecule has 0 radical (unpaired) electrons. The van der Waals surface area contributed by atoms with Gasteiger partial charge in [0.15, 0.2) is 6.04 Å². The number of aliphatic carboxylic acids is 1. The van der Waals surface area contributed by atoms with E-state index in [9.17, 15) is 14.0 Å². The number of hydrogen-bond donors (Lipinski definition) is 1. The predicted molar refractivity (Wildman–Crippen MR) is 59.8 cm³/mol. The number of carbonyl (C=O) groups is 2. The standard InChI is InChI=1S/C12H14FNO3/c1-3-14(8(2)15)11(12(16)17)9-6-4-5-7-10(9)13/h4-7,11H,3H2,1-2H3,(H,16,17). The Hall–Kier alpha value is -1.91. The number of hydrogen-bond acceptors (Lipinski definition) is 2. The molecule has 92 valence electrons. The van der Waals surface area contributed by atoms with E-state index in [4.69, 9.17) is 5.11 Å². The fourth-order valence-electron chi connectivity index (χ4n) is 1.72. The normalized spacial score (nSPS) is 11.9. The molecule has 1 aromatic carbocycles. The second-order valence-corrected chi connectivity index (χ2v) is 3.57. The maximum atomic E-state index is 13.6. The molecule has 1 amide bonds. The summed E-state index contributed by atoms with van der Waals surface area (Å²) >= 11 is 0. The van der Waals surface area contributed by atoms with Gasteiger partial charge in [0.1, 0.15) is 5.82 Å². The minimum Gasteiger partial charge on any atom is -0.479 e. The number of likely N-dealkylation sites (N-methyl/N-ethyl adjacent to an activating group) is 1. The zero-order valence-corrected chi connectivity index (χ0v) is 9.68.